The molecule has 0 bridgehead atoms. The zero-order chi connectivity index (χ0) is 40.7. The van der Waals surface area contributed by atoms with Gasteiger partial charge in [0.2, 0.25) is 17.7 Å². The van der Waals surface area contributed by atoms with Crippen LogP contribution < -0.4 is 25.2 Å². The van der Waals surface area contributed by atoms with Gasteiger partial charge >= 0.3 is 6.18 Å². The van der Waals surface area contributed by atoms with Crippen molar-refractivity contribution in [1.29, 1.82) is 5.26 Å². The SMILES string of the molecule is CN(C(=O)C(C)(C)N(C=S)c1cnc(-c2ccc(OCCCCOCC(=O)NC3CCC(=O)NC3=O)c(F)c2)c(F)c1)c1ccc(C#N)c(C(F)(F)F)c1F. The number of pyridine rings is 1. The number of carbonyl (C=O) groups excluding carboxylic acids is 4. The smallest absolute Gasteiger partial charge is 0.420 e. The molecule has 1 aliphatic rings. The Morgan fingerprint density at radius 3 is 2.42 bits per heavy atom. The lowest BCUT2D eigenvalue weighted by Crippen LogP contribution is -2.55. The van der Waals surface area contributed by atoms with Crippen LogP contribution in [0.5, 0.6) is 5.75 Å². The van der Waals surface area contributed by atoms with Crippen LogP contribution in [-0.2, 0) is 30.1 Å². The first-order chi connectivity index (χ1) is 25.9. The molecule has 292 valence electrons. The van der Waals surface area contributed by atoms with Gasteiger partial charge in [-0.05, 0) is 63.4 Å². The van der Waals surface area contributed by atoms with E-state index in [1.807, 2.05) is 0 Å². The molecule has 12 nitrogen and oxygen atoms in total. The average molecular weight is 793 g/mol. The maximum absolute atomic E-state index is 15.5. The zero-order valence-corrected chi connectivity index (χ0v) is 30.4. The Kier molecular flexibility index (Phi) is 13.5. The largest absolute Gasteiger partial charge is 0.491 e. The van der Waals surface area contributed by atoms with Crippen LogP contribution in [0.2, 0.25) is 0 Å². The molecule has 1 saturated heterocycles. The number of nitrogens with zero attached hydrogens (tertiary/aromatic N) is 4. The van der Waals surface area contributed by atoms with Gasteiger partial charge in [0.1, 0.15) is 29.4 Å². The minimum atomic E-state index is -5.23. The number of amides is 4. The average Bonchev–Trinajstić information content (AvgIpc) is 3.11. The molecule has 0 spiro atoms. The number of aromatic nitrogens is 1. The Morgan fingerprint density at radius 1 is 1.09 bits per heavy atom. The van der Waals surface area contributed by atoms with Crippen molar-refractivity contribution in [3.8, 4) is 23.1 Å². The fourth-order valence-electron chi connectivity index (χ4n) is 5.59. The quantitative estimate of drug-likeness (QED) is 0.0891. The Hall–Kier alpha value is -5.61. The van der Waals surface area contributed by atoms with Crippen LogP contribution in [0.3, 0.4) is 0 Å². The first-order valence-corrected chi connectivity index (χ1v) is 17.0. The highest BCUT2D eigenvalue weighted by Crippen LogP contribution is 2.38. The first kappa shape index (κ1) is 42.1. The number of thiocarbonyl (C=S) groups is 1. The summed E-state index contributed by atoms with van der Waals surface area (Å²) >= 11 is 5.08. The molecule has 0 aliphatic carbocycles. The number of hydrogen-bond acceptors (Lipinski definition) is 9. The van der Waals surface area contributed by atoms with E-state index in [9.17, 15) is 36.7 Å². The molecule has 1 aromatic heterocycles. The summed E-state index contributed by atoms with van der Waals surface area (Å²) < 4.78 is 97.0. The van der Waals surface area contributed by atoms with E-state index in [2.05, 4.69) is 15.6 Å². The lowest BCUT2D eigenvalue weighted by Gasteiger charge is -2.38. The summed E-state index contributed by atoms with van der Waals surface area (Å²) in [4.78, 5) is 54.3. The van der Waals surface area contributed by atoms with Crippen molar-refractivity contribution in [2.75, 3.05) is 36.7 Å². The monoisotopic (exact) mass is 792 g/mol. The predicted molar refractivity (Wildman–Crippen MR) is 189 cm³/mol. The van der Waals surface area contributed by atoms with Gasteiger partial charge in [-0.2, -0.15) is 18.4 Å². The number of nitriles is 1. The second-order valence-corrected chi connectivity index (χ2v) is 12.9. The van der Waals surface area contributed by atoms with E-state index < -0.39 is 75.7 Å². The molecular formula is C36H34F6N6O6S. The second-order valence-electron chi connectivity index (χ2n) is 12.7. The van der Waals surface area contributed by atoms with Crippen LogP contribution in [0.4, 0.5) is 37.7 Å². The minimum absolute atomic E-state index is 0.0404. The summed E-state index contributed by atoms with van der Waals surface area (Å²) in [5.74, 6) is -6.15. The van der Waals surface area contributed by atoms with Crippen LogP contribution in [0.25, 0.3) is 11.3 Å². The summed E-state index contributed by atoms with van der Waals surface area (Å²) in [6.07, 6.45) is -2.88. The molecule has 1 fully saturated rings. The Morgan fingerprint density at radius 2 is 1.80 bits per heavy atom. The van der Waals surface area contributed by atoms with Crippen molar-refractivity contribution >= 4 is 52.7 Å². The third-order valence-corrected chi connectivity index (χ3v) is 8.69. The van der Waals surface area contributed by atoms with E-state index >= 15 is 8.78 Å². The number of likely N-dealkylation sites (N-methyl/N-ethyl adjacent to an activating group) is 1. The standard InChI is InChI=1S/C36H34F6N6O6S/c1-35(2,34(52)47(3)26-9-6-21(16-43)30(31(26)39)36(40,41)42)48(19-55)22-15-24(38)32(44-17-22)20-7-10-27(23(37)14-20)54-13-5-4-12-53-18-29(50)45-25-8-11-28(49)46-33(25)51/h6-7,9-10,14-15,17,19,25H,4-5,8,11-13,18H2,1-3H3,(H,45,50)(H,46,49,51). The number of nitrogens with one attached hydrogen (secondary N) is 2. The number of hydrogen-bond donors (Lipinski definition) is 2. The molecule has 1 unspecified atom stereocenters. The predicted octanol–water partition coefficient (Wildman–Crippen LogP) is 5.36. The molecule has 19 heteroatoms. The molecule has 4 amide bonds. The fraction of sp³-hybridized carbons (Fsp3) is 0.361. The van der Waals surface area contributed by atoms with E-state index in [-0.39, 0.29) is 55.4 Å². The number of unbranched alkanes of at least 4 members (excludes halogenated alkanes) is 1. The molecule has 55 heavy (non-hydrogen) atoms. The van der Waals surface area contributed by atoms with Gasteiger partial charge in [-0.15, -0.1) is 0 Å². The highest BCUT2D eigenvalue weighted by molar-refractivity contribution is 7.79. The number of halogens is 6. The number of anilines is 2. The third kappa shape index (κ3) is 9.93. The van der Waals surface area contributed by atoms with Gasteiger partial charge in [-0.25, -0.2) is 13.2 Å². The second kappa shape index (κ2) is 17.7. The zero-order valence-electron chi connectivity index (χ0n) is 29.6. The number of piperidine rings is 1. The van der Waals surface area contributed by atoms with Crippen molar-refractivity contribution in [3.63, 3.8) is 0 Å². The molecule has 4 rings (SSSR count). The molecule has 1 atom stereocenters. The van der Waals surface area contributed by atoms with Crippen LogP contribution in [-0.4, -0.2) is 72.6 Å². The van der Waals surface area contributed by atoms with Crippen LogP contribution >= 0.6 is 12.2 Å². The number of carbonyl (C=O) groups is 4. The van der Waals surface area contributed by atoms with Gasteiger partial charge in [-0.1, -0.05) is 12.2 Å². The summed E-state index contributed by atoms with van der Waals surface area (Å²) in [6.45, 7) is 2.60. The summed E-state index contributed by atoms with van der Waals surface area (Å²) in [5.41, 5.74) is -4.59. The Balaban J connectivity index is 1.34. The van der Waals surface area contributed by atoms with Gasteiger partial charge in [0.15, 0.2) is 23.2 Å². The number of ether oxygens (including phenoxy) is 2. The van der Waals surface area contributed by atoms with E-state index in [1.165, 1.54) is 32.0 Å². The number of imide groups is 1. The van der Waals surface area contributed by atoms with Gasteiger partial charge in [-0.3, -0.25) is 29.5 Å². The van der Waals surface area contributed by atoms with Crippen molar-refractivity contribution in [2.45, 2.75) is 57.3 Å². The molecule has 0 radical (unpaired) electrons. The Bertz CT molecular complexity index is 2020. The normalized spacial score (nSPS) is 14.4. The number of alkyl halides is 3. The fourth-order valence-corrected chi connectivity index (χ4v) is 5.98. The topological polar surface area (TPSA) is 154 Å². The third-order valence-electron chi connectivity index (χ3n) is 8.48. The molecule has 2 heterocycles. The highest BCUT2D eigenvalue weighted by atomic mass is 32.1. The summed E-state index contributed by atoms with van der Waals surface area (Å²) in [6, 6.07) is 6.71. The van der Waals surface area contributed by atoms with Gasteiger partial charge < -0.3 is 24.6 Å². The highest BCUT2D eigenvalue weighted by Gasteiger charge is 2.42. The maximum atomic E-state index is 15.5. The van der Waals surface area contributed by atoms with Crippen molar-refractivity contribution in [1.82, 2.24) is 15.6 Å². The van der Waals surface area contributed by atoms with E-state index in [1.54, 1.807) is 0 Å². The van der Waals surface area contributed by atoms with E-state index in [0.717, 1.165) is 47.9 Å². The Labute approximate surface area is 316 Å². The van der Waals surface area contributed by atoms with Crippen molar-refractivity contribution in [3.05, 3.63) is 71.2 Å². The van der Waals surface area contributed by atoms with Gasteiger partial charge in [0.05, 0.1) is 41.3 Å². The minimum Gasteiger partial charge on any atom is -0.491 e. The lowest BCUT2D eigenvalue weighted by atomic mass is 9.99. The van der Waals surface area contributed by atoms with Crippen molar-refractivity contribution < 1.29 is 55.0 Å². The van der Waals surface area contributed by atoms with E-state index in [4.69, 9.17) is 27.0 Å². The first-order valence-electron chi connectivity index (χ1n) is 16.5. The summed E-state index contributed by atoms with van der Waals surface area (Å²) in [5, 5.41) is 13.7. The molecule has 2 N–H and O–H groups in total. The maximum Gasteiger partial charge on any atom is 0.420 e. The van der Waals surface area contributed by atoms with Crippen molar-refractivity contribution in [2.24, 2.45) is 0 Å². The van der Waals surface area contributed by atoms with Gasteiger partial charge in [0.25, 0.3) is 5.91 Å². The molecule has 2 aromatic carbocycles. The molecule has 1 aliphatic heterocycles. The number of rotatable bonds is 15. The van der Waals surface area contributed by atoms with Crippen LogP contribution in [0.1, 0.15) is 50.7 Å². The molecular weight excluding hydrogens is 758 g/mol. The summed E-state index contributed by atoms with van der Waals surface area (Å²) in [7, 11) is 1.03. The lowest BCUT2D eigenvalue weighted by molar-refractivity contribution is -0.140. The molecule has 0 saturated carbocycles. The molecule has 3 aromatic rings. The number of benzene rings is 2. The van der Waals surface area contributed by atoms with E-state index in [0.29, 0.717) is 17.7 Å². The van der Waals surface area contributed by atoms with Crippen LogP contribution in [0.15, 0.2) is 42.6 Å². The van der Waals surface area contributed by atoms with Gasteiger partial charge in [0, 0.05) is 31.7 Å². The van der Waals surface area contributed by atoms with Crippen LogP contribution in [0, 0.1) is 28.8 Å².